The molecule has 3 saturated carbocycles. The van der Waals surface area contributed by atoms with Crippen LogP contribution in [-0.2, 0) is 9.53 Å². The van der Waals surface area contributed by atoms with Gasteiger partial charge in [-0.25, -0.2) is 0 Å². The van der Waals surface area contributed by atoms with Gasteiger partial charge in [0.15, 0.2) is 0 Å². The Morgan fingerprint density at radius 2 is 2.08 bits per heavy atom. The number of hydrogen-bond donors (Lipinski definition) is 3. The number of carbonyl (C=O) groups is 1. The first kappa shape index (κ1) is 17.1. The molecule has 4 rings (SSSR count). The highest BCUT2D eigenvalue weighted by Crippen LogP contribution is 2.73. The van der Waals surface area contributed by atoms with E-state index in [9.17, 15) is 20.1 Å². The van der Waals surface area contributed by atoms with Crippen LogP contribution in [0.25, 0.3) is 0 Å². The number of ether oxygens (including phenoxy) is 1. The molecule has 1 spiro atoms. The molecule has 25 heavy (non-hydrogen) atoms. The Labute approximate surface area is 148 Å². The van der Waals surface area contributed by atoms with Crippen LogP contribution in [0, 0.1) is 34.5 Å². The number of esters is 1. The van der Waals surface area contributed by atoms with Crippen LogP contribution in [0.15, 0.2) is 24.0 Å². The van der Waals surface area contributed by atoms with Gasteiger partial charge in [0.05, 0.1) is 18.6 Å². The van der Waals surface area contributed by atoms with Gasteiger partial charge >= 0.3 is 5.97 Å². The van der Waals surface area contributed by atoms with Gasteiger partial charge < -0.3 is 20.1 Å². The maximum atomic E-state index is 12.9. The van der Waals surface area contributed by atoms with Crippen LogP contribution in [0.5, 0.6) is 0 Å². The van der Waals surface area contributed by atoms with Crippen molar-refractivity contribution in [2.45, 2.75) is 51.2 Å². The molecule has 2 bridgehead atoms. The molecule has 4 aliphatic carbocycles. The molecular formula is C20H28O5. The second-order valence-electron chi connectivity index (χ2n) is 9.29. The van der Waals surface area contributed by atoms with E-state index in [1.54, 1.807) is 6.08 Å². The van der Waals surface area contributed by atoms with Crippen molar-refractivity contribution < 1.29 is 24.9 Å². The highest BCUT2D eigenvalue weighted by atomic mass is 16.5. The molecule has 7 atom stereocenters. The molecule has 4 aliphatic rings. The molecule has 0 heterocycles. The fourth-order valence-corrected chi connectivity index (χ4v) is 6.86. The summed E-state index contributed by atoms with van der Waals surface area (Å²) in [7, 11) is 1.40. The van der Waals surface area contributed by atoms with Crippen LogP contribution in [0.3, 0.4) is 0 Å². The molecule has 138 valence electrons. The normalized spacial score (nSPS) is 50.0. The van der Waals surface area contributed by atoms with Crippen molar-refractivity contribution in [1.82, 2.24) is 0 Å². The standard InChI is InChI=1S/C20H28O5/c1-10-8-19-9-20(10,24)6-5-12(19)11-7-13(21)16(22)18(2,3)14(11)15(19)17(23)25-4/h7,11-12,14-16,21-22,24H,1,5-6,8-9H2,2-4H3/t11?,12-,14+,15+,16-,19-,20-/m0/s1. The highest BCUT2D eigenvalue weighted by molar-refractivity contribution is 5.75. The van der Waals surface area contributed by atoms with Crippen molar-refractivity contribution >= 4 is 5.97 Å². The number of methoxy groups -OCH3 is 1. The molecular weight excluding hydrogens is 320 g/mol. The minimum atomic E-state index is -0.999. The SMILES string of the molecule is C=C1C[C@]23C[C@@]1(O)CC[C@H]2C1C=C(O)[C@H](O)C(C)(C)[C@H]1[C@@H]3C(=O)OC. The van der Waals surface area contributed by atoms with Gasteiger partial charge in [0.2, 0.25) is 0 Å². The number of fused-ring (bicyclic) bond motifs is 3. The summed E-state index contributed by atoms with van der Waals surface area (Å²) >= 11 is 0. The van der Waals surface area contributed by atoms with Gasteiger partial charge in [-0.3, -0.25) is 4.79 Å². The molecule has 1 unspecified atom stereocenters. The first-order valence-corrected chi connectivity index (χ1v) is 9.16. The summed E-state index contributed by atoms with van der Waals surface area (Å²) in [4.78, 5) is 12.9. The van der Waals surface area contributed by atoms with E-state index in [1.807, 2.05) is 13.8 Å². The van der Waals surface area contributed by atoms with Crippen molar-refractivity contribution in [1.29, 1.82) is 0 Å². The minimum absolute atomic E-state index is 0.00190. The summed E-state index contributed by atoms with van der Waals surface area (Å²) in [5.74, 6) is -0.638. The summed E-state index contributed by atoms with van der Waals surface area (Å²) in [5, 5.41) is 31.9. The molecule has 0 aromatic heterocycles. The van der Waals surface area contributed by atoms with E-state index in [1.165, 1.54) is 7.11 Å². The number of carbonyl (C=O) groups excluding carboxylic acids is 1. The molecule has 0 aromatic rings. The van der Waals surface area contributed by atoms with Crippen LogP contribution in [-0.4, -0.2) is 40.1 Å². The summed E-state index contributed by atoms with van der Waals surface area (Å²) < 4.78 is 5.19. The maximum absolute atomic E-state index is 12.9. The Kier molecular flexibility index (Phi) is 3.34. The van der Waals surface area contributed by atoms with Crippen molar-refractivity contribution in [3.05, 3.63) is 24.0 Å². The number of hydrogen-bond acceptors (Lipinski definition) is 5. The number of rotatable bonds is 1. The van der Waals surface area contributed by atoms with Gasteiger partial charge in [-0.2, -0.15) is 0 Å². The van der Waals surface area contributed by atoms with Crippen molar-refractivity contribution in [2.75, 3.05) is 7.11 Å². The van der Waals surface area contributed by atoms with Gasteiger partial charge in [-0.15, -0.1) is 0 Å². The zero-order valence-corrected chi connectivity index (χ0v) is 15.2. The van der Waals surface area contributed by atoms with Gasteiger partial charge in [-0.05, 0) is 60.5 Å². The Bertz CT molecular complexity index is 680. The van der Waals surface area contributed by atoms with Crippen LogP contribution >= 0.6 is 0 Å². The topological polar surface area (TPSA) is 87.0 Å². The zero-order chi connectivity index (χ0) is 18.4. The van der Waals surface area contributed by atoms with Gasteiger partial charge in [-0.1, -0.05) is 20.4 Å². The highest BCUT2D eigenvalue weighted by Gasteiger charge is 2.72. The number of allylic oxidation sites excluding steroid dienone is 1. The molecule has 0 saturated heterocycles. The van der Waals surface area contributed by atoms with E-state index >= 15 is 0 Å². The van der Waals surface area contributed by atoms with E-state index in [-0.39, 0.29) is 29.5 Å². The fraction of sp³-hybridized carbons (Fsp3) is 0.750. The first-order valence-electron chi connectivity index (χ1n) is 9.16. The number of aliphatic hydroxyl groups is 3. The van der Waals surface area contributed by atoms with Crippen molar-refractivity contribution in [3.63, 3.8) is 0 Å². The van der Waals surface area contributed by atoms with Crippen LogP contribution in [0.4, 0.5) is 0 Å². The third kappa shape index (κ3) is 1.89. The molecule has 0 radical (unpaired) electrons. The third-order valence-corrected chi connectivity index (χ3v) is 7.95. The van der Waals surface area contributed by atoms with E-state index in [4.69, 9.17) is 4.74 Å². The largest absolute Gasteiger partial charge is 0.510 e. The minimum Gasteiger partial charge on any atom is -0.510 e. The lowest BCUT2D eigenvalue weighted by atomic mass is 9.61. The van der Waals surface area contributed by atoms with E-state index in [0.717, 1.165) is 12.0 Å². The quantitative estimate of drug-likeness (QED) is 0.500. The Hall–Kier alpha value is -1.33. The van der Waals surface area contributed by atoms with Gasteiger partial charge in [0.25, 0.3) is 0 Å². The summed E-state index contributed by atoms with van der Waals surface area (Å²) in [6.07, 6.45) is 3.34. The molecule has 3 N–H and O–H groups in total. The first-order chi connectivity index (χ1) is 11.6. The maximum Gasteiger partial charge on any atom is 0.309 e. The monoisotopic (exact) mass is 348 g/mol. The predicted octanol–water partition coefficient (Wildman–Crippen LogP) is 2.34. The Morgan fingerprint density at radius 1 is 1.40 bits per heavy atom. The van der Waals surface area contributed by atoms with E-state index in [2.05, 4.69) is 6.58 Å². The second-order valence-corrected chi connectivity index (χ2v) is 9.29. The third-order valence-electron chi connectivity index (χ3n) is 7.95. The molecule has 0 aliphatic heterocycles. The molecule has 5 heteroatoms. The lowest BCUT2D eigenvalue weighted by molar-refractivity contribution is -0.157. The molecule has 0 aromatic carbocycles. The molecule has 0 amide bonds. The Morgan fingerprint density at radius 3 is 2.72 bits per heavy atom. The van der Waals surface area contributed by atoms with Crippen molar-refractivity contribution in [2.24, 2.45) is 34.5 Å². The summed E-state index contributed by atoms with van der Waals surface area (Å²) in [6, 6.07) is 0. The summed E-state index contributed by atoms with van der Waals surface area (Å²) in [5.41, 5.74) is -1.14. The fourth-order valence-electron chi connectivity index (χ4n) is 6.86. The lowest BCUT2D eigenvalue weighted by Gasteiger charge is -2.45. The zero-order valence-electron chi connectivity index (χ0n) is 15.2. The molecule has 3 fully saturated rings. The van der Waals surface area contributed by atoms with Crippen molar-refractivity contribution in [3.8, 4) is 0 Å². The Balaban J connectivity index is 1.91. The van der Waals surface area contributed by atoms with Gasteiger partial charge in [0.1, 0.15) is 11.9 Å². The van der Waals surface area contributed by atoms with E-state index in [0.29, 0.717) is 19.3 Å². The lowest BCUT2D eigenvalue weighted by Crippen LogP contribution is -2.48. The smallest absolute Gasteiger partial charge is 0.309 e. The second kappa shape index (κ2) is 4.89. The van der Waals surface area contributed by atoms with Crippen LogP contribution in [0.1, 0.15) is 39.5 Å². The van der Waals surface area contributed by atoms with Crippen LogP contribution < -0.4 is 0 Å². The van der Waals surface area contributed by atoms with Crippen LogP contribution in [0.2, 0.25) is 0 Å². The van der Waals surface area contributed by atoms with Gasteiger partial charge in [0, 0.05) is 5.41 Å². The average Bonchev–Trinajstić information content (AvgIpc) is 2.92. The average molecular weight is 348 g/mol. The van der Waals surface area contributed by atoms with E-state index < -0.39 is 28.5 Å². The summed E-state index contributed by atoms with van der Waals surface area (Å²) in [6.45, 7) is 7.94. The number of aliphatic hydroxyl groups excluding tert-OH is 2. The predicted molar refractivity (Wildman–Crippen MR) is 91.5 cm³/mol. The molecule has 5 nitrogen and oxygen atoms in total.